The second-order valence-corrected chi connectivity index (χ2v) is 6.93. The maximum absolute atomic E-state index is 13.9. The van der Waals surface area contributed by atoms with Crippen molar-refractivity contribution in [2.45, 2.75) is 37.8 Å². The highest BCUT2D eigenvalue weighted by molar-refractivity contribution is 5.83. The second-order valence-electron chi connectivity index (χ2n) is 6.93. The van der Waals surface area contributed by atoms with Gasteiger partial charge < -0.3 is 4.90 Å². The van der Waals surface area contributed by atoms with E-state index in [1.165, 1.54) is 24.3 Å². The lowest BCUT2D eigenvalue weighted by Gasteiger charge is -2.23. The molecule has 1 amide bonds. The number of nitrogens with zero attached hydrogens (tertiary/aromatic N) is 1. The van der Waals surface area contributed by atoms with Crippen molar-refractivity contribution < 1.29 is 18.0 Å². The lowest BCUT2D eigenvalue weighted by atomic mass is 10.1. The lowest BCUT2D eigenvalue weighted by molar-refractivity contribution is -0.133. The fraction of sp³-hybridized carbons (Fsp3) is 0.350. The van der Waals surface area contributed by atoms with Crippen LogP contribution in [0.4, 0.5) is 13.2 Å². The molecule has 2 saturated carbocycles. The average molecular weight is 345 g/mol. The van der Waals surface area contributed by atoms with Crippen LogP contribution in [-0.4, -0.2) is 16.8 Å². The molecule has 0 N–H and O–H groups in total. The zero-order valence-corrected chi connectivity index (χ0v) is 13.6. The van der Waals surface area contributed by atoms with Crippen molar-refractivity contribution in [1.82, 2.24) is 4.90 Å². The number of hydrogen-bond acceptors (Lipinski definition) is 1. The molecule has 0 spiro atoms. The first-order valence-corrected chi connectivity index (χ1v) is 8.53. The number of halogens is 3. The highest BCUT2D eigenvalue weighted by Crippen LogP contribution is 2.49. The SMILES string of the molecule is O=C(C1CC1c1ccc(F)cc1)N(Cc1ccc(F)cc1F)C1CC1. The number of benzene rings is 2. The van der Waals surface area contributed by atoms with E-state index in [1.807, 2.05) is 0 Å². The van der Waals surface area contributed by atoms with Gasteiger partial charge in [0.15, 0.2) is 0 Å². The van der Waals surface area contributed by atoms with Crippen LogP contribution in [0.3, 0.4) is 0 Å². The molecule has 2 unspecified atom stereocenters. The average Bonchev–Trinajstić information content (AvgIpc) is 3.47. The molecule has 2 atom stereocenters. The van der Waals surface area contributed by atoms with E-state index < -0.39 is 11.6 Å². The molecule has 2 nitrogen and oxygen atoms in total. The summed E-state index contributed by atoms with van der Waals surface area (Å²) in [6.45, 7) is 0.169. The van der Waals surface area contributed by atoms with E-state index in [1.54, 1.807) is 17.0 Å². The van der Waals surface area contributed by atoms with Gasteiger partial charge in [0.2, 0.25) is 5.91 Å². The summed E-state index contributed by atoms with van der Waals surface area (Å²) in [7, 11) is 0. The molecule has 2 aliphatic carbocycles. The topological polar surface area (TPSA) is 20.3 Å². The van der Waals surface area contributed by atoms with Gasteiger partial charge in [-0.05, 0) is 48.9 Å². The van der Waals surface area contributed by atoms with Crippen molar-refractivity contribution in [2.75, 3.05) is 0 Å². The van der Waals surface area contributed by atoms with Crippen molar-refractivity contribution in [3.8, 4) is 0 Å². The molecule has 0 saturated heterocycles. The fourth-order valence-electron chi connectivity index (χ4n) is 3.37. The number of carbonyl (C=O) groups excluding carboxylic acids is 1. The second kappa shape index (κ2) is 6.21. The number of hydrogen-bond donors (Lipinski definition) is 0. The molecule has 130 valence electrons. The highest BCUT2D eigenvalue weighted by Gasteiger charge is 2.48. The van der Waals surface area contributed by atoms with E-state index in [2.05, 4.69) is 0 Å². The van der Waals surface area contributed by atoms with Gasteiger partial charge in [0, 0.05) is 30.1 Å². The van der Waals surface area contributed by atoms with E-state index in [9.17, 15) is 18.0 Å². The van der Waals surface area contributed by atoms with E-state index in [-0.39, 0.29) is 36.1 Å². The molecule has 0 heterocycles. The largest absolute Gasteiger partial charge is 0.335 e. The first-order valence-electron chi connectivity index (χ1n) is 8.53. The molecule has 5 heteroatoms. The number of amides is 1. The van der Waals surface area contributed by atoms with E-state index in [4.69, 9.17) is 0 Å². The molecule has 0 aromatic heterocycles. The predicted molar refractivity (Wildman–Crippen MR) is 87.2 cm³/mol. The highest BCUT2D eigenvalue weighted by atomic mass is 19.1. The van der Waals surface area contributed by atoms with Gasteiger partial charge in [-0.1, -0.05) is 18.2 Å². The van der Waals surface area contributed by atoms with Gasteiger partial charge in [-0.2, -0.15) is 0 Å². The van der Waals surface area contributed by atoms with Crippen molar-refractivity contribution in [2.24, 2.45) is 5.92 Å². The van der Waals surface area contributed by atoms with Crippen molar-refractivity contribution in [3.05, 3.63) is 71.0 Å². The molecule has 4 rings (SSSR count). The maximum Gasteiger partial charge on any atom is 0.226 e. The Hall–Kier alpha value is -2.30. The zero-order chi connectivity index (χ0) is 17.6. The van der Waals surface area contributed by atoms with Crippen molar-refractivity contribution in [1.29, 1.82) is 0 Å². The maximum atomic E-state index is 13.9. The quantitative estimate of drug-likeness (QED) is 0.787. The normalized spacial score (nSPS) is 21.9. The number of rotatable bonds is 5. The van der Waals surface area contributed by atoms with Crippen LogP contribution in [0.2, 0.25) is 0 Å². The molecular formula is C20H18F3NO. The molecule has 0 radical (unpaired) electrons. The Balaban J connectivity index is 1.48. The third kappa shape index (κ3) is 3.41. The van der Waals surface area contributed by atoms with Crippen molar-refractivity contribution >= 4 is 5.91 Å². The van der Waals surface area contributed by atoms with Gasteiger partial charge in [0.25, 0.3) is 0 Å². The molecule has 0 bridgehead atoms. The van der Waals surface area contributed by atoms with Crippen LogP contribution in [0.5, 0.6) is 0 Å². The summed E-state index contributed by atoms with van der Waals surface area (Å²) in [5.41, 5.74) is 1.30. The molecule has 2 aliphatic rings. The van der Waals surface area contributed by atoms with Gasteiger partial charge in [-0.15, -0.1) is 0 Å². The minimum atomic E-state index is -0.621. The summed E-state index contributed by atoms with van der Waals surface area (Å²) in [5, 5.41) is 0. The van der Waals surface area contributed by atoms with Gasteiger partial charge >= 0.3 is 0 Å². The summed E-state index contributed by atoms with van der Waals surface area (Å²) >= 11 is 0. The Labute approximate surface area is 144 Å². The smallest absolute Gasteiger partial charge is 0.226 e. The van der Waals surface area contributed by atoms with Crippen LogP contribution in [-0.2, 0) is 11.3 Å². The minimum Gasteiger partial charge on any atom is -0.335 e. The Morgan fingerprint density at radius 3 is 2.32 bits per heavy atom. The van der Waals surface area contributed by atoms with E-state index in [0.29, 0.717) is 5.56 Å². The standard InChI is InChI=1S/C20H18F3NO/c21-14-4-1-12(2-5-14)17-10-18(17)20(25)24(16-7-8-16)11-13-3-6-15(22)9-19(13)23/h1-6,9,16-18H,7-8,10-11H2. The van der Waals surface area contributed by atoms with Crippen molar-refractivity contribution in [3.63, 3.8) is 0 Å². The third-order valence-corrected chi connectivity index (χ3v) is 5.03. The monoisotopic (exact) mass is 345 g/mol. The third-order valence-electron chi connectivity index (χ3n) is 5.03. The number of carbonyl (C=O) groups is 1. The summed E-state index contributed by atoms with van der Waals surface area (Å²) in [4.78, 5) is 14.6. The van der Waals surface area contributed by atoms with Gasteiger partial charge in [-0.3, -0.25) is 4.79 Å². The fourth-order valence-corrected chi connectivity index (χ4v) is 3.37. The van der Waals surface area contributed by atoms with Crippen LogP contribution < -0.4 is 0 Å². The first-order chi connectivity index (χ1) is 12.0. The lowest BCUT2D eigenvalue weighted by Crippen LogP contribution is -2.34. The Bertz CT molecular complexity index is 801. The van der Waals surface area contributed by atoms with Gasteiger partial charge in [0.1, 0.15) is 17.5 Å². The van der Waals surface area contributed by atoms with E-state index in [0.717, 1.165) is 30.9 Å². The van der Waals surface area contributed by atoms with Crippen LogP contribution in [0, 0.1) is 23.4 Å². The summed E-state index contributed by atoms with van der Waals surface area (Å²) in [6.07, 6.45) is 2.57. The molecule has 2 aromatic carbocycles. The molecule has 2 fully saturated rings. The minimum absolute atomic E-state index is 0.0144. The zero-order valence-electron chi connectivity index (χ0n) is 13.6. The van der Waals surface area contributed by atoms with Crippen LogP contribution in [0.1, 0.15) is 36.3 Å². The molecular weight excluding hydrogens is 327 g/mol. The summed E-state index contributed by atoms with van der Waals surface area (Å²) < 4.78 is 40.1. The predicted octanol–water partition coefficient (Wildman–Crippen LogP) is 4.40. The van der Waals surface area contributed by atoms with Gasteiger partial charge in [-0.25, -0.2) is 13.2 Å². The Kier molecular flexibility index (Phi) is 4.02. The van der Waals surface area contributed by atoms with Crippen LogP contribution in [0.25, 0.3) is 0 Å². The molecule has 2 aromatic rings. The Morgan fingerprint density at radius 2 is 1.68 bits per heavy atom. The summed E-state index contributed by atoms with van der Waals surface area (Å²) in [6, 6.07) is 9.85. The van der Waals surface area contributed by atoms with Crippen LogP contribution in [0.15, 0.2) is 42.5 Å². The van der Waals surface area contributed by atoms with Crippen LogP contribution >= 0.6 is 0 Å². The molecule has 0 aliphatic heterocycles. The van der Waals surface area contributed by atoms with E-state index >= 15 is 0 Å². The van der Waals surface area contributed by atoms with Gasteiger partial charge in [0.05, 0.1) is 0 Å². The first kappa shape index (κ1) is 16.2. The Morgan fingerprint density at radius 1 is 1.00 bits per heavy atom. The summed E-state index contributed by atoms with van der Waals surface area (Å²) in [5.74, 6) is -1.55. The molecule has 25 heavy (non-hydrogen) atoms.